The van der Waals surface area contributed by atoms with Gasteiger partial charge in [-0.25, -0.2) is 0 Å². The maximum absolute atomic E-state index is 12.8. The summed E-state index contributed by atoms with van der Waals surface area (Å²) >= 11 is 0. The van der Waals surface area contributed by atoms with Gasteiger partial charge in [0.1, 0.15) is 13.2 Å². The molecule has 0 saturated heterocycles. The highest BCUT2D eigenvalue weighted by Gasteiger charge is 2.19. The summed E-state index contributed by atoms with van der Waals surface area (Å²) < 4.78 is 16.8. The van der Waals surface area contributed by atoms with Gasteiger partial charge < -0.3 is 14.2 Å². The lowest BCUT2D eigenvalue weighted by atomic mass is 10.1. The van der Waals surface area contributed by atoms with Gasteiger partial charge in [-0.2, -0.15) is 0 Å². The zero-order valence-electron chi connectivity index (χ0n) is 42.5. The molecule has 1 atom stereocenters. The van der Waals surface area contributed by atoms with Crippen molar-refractivity contribution in [3.8, 4) is 0 Å². The van der Waals surface area contributed by atoms with E-state index >= 15 is 0 Å². The number of rotatable bonds is 48. The van der Waals surface area contributed by atoms with E-state index in [9.17, 15) is 14.4 Å². The summed E-state index contributed by atoms with van der Waals surface area (Å²) in [5, 5.41) is 0. The lowest BCUT2D eigenvalue weighted by molar-refractivity contribution is -0.167. The standard InChI is InChI=1S/C59H100O6/c1-4-7-10-13-16-19-22-24-26-28-30-32-34-37-40-43-46-49-52-58(61)64-55-56(54-63-57(60)51-48-45-42-39-36-21-18-15-12-9-6-3)65-59(62)53-50-47-44-41-38-35-33-31-29-27-25-23-20-17-14-11-8-5-2/h15,18,22-33,56H,4-14,16-17,19-21,34-55H2,1-3H3/b18-15-,24-22-,25-23-,28-26-,29-27-,32-30-,33-31-. The van der Waals surface area contributed by atoms with Crippen molar-refractivity contribution in [1.29, 1.82) is 0 Å². The molecule has 0 aromatic heterocycles. The Bertz CT molecular complexity index is 1270. The van der Waals surface area contributed by atoms with E-state index in [-0.39, 0.29) is 31.1 Å². The highest BCUT2D eigenvalue weighted by molar-refractivity contribution is 5.71. The van der Waals surface area contributed by atoms with Gasteiger partial charge in [0.05, 0.1) is 0 Å². The molecule has 0 heterocycles. The topological polar surface area (TPSA) is 78.9 Å². The fraction of sp³-hybridized carbons (Fsp3) is 0.712. The van der Waals surface area contributed by atoms with E-state index in [0.29, 0.717) is 19.3 Å². The van der Waals surface area contributed by atoms with Crippen LogP contribution < -0.4 is 0 Å². The maximum atomic E-state index is 12.8. The summed E-state index contributed by atoms with van der Waals surface area (Å²) in [5.41, 5.74) is 0. The van der Waals surface area contributed by atoms with Crippen LogP contribution in [0.2, 0.25) is 0 Å². The van der Waals surface area contributed by atoms with Crippen molar-refractivity contribution >= 4 is 17.9 Å². The van der Waals surface area contributed by atoms with Gasteiger partial charge in [0.25, 0.3) is 0 Å². The molecule has 0 aromatic rings. The number of allylic oxidation sites excluding steroid dienone is 14. The van der Waals surface area contributed by atoms with Gasteiger partial charge in [-0.05, 0) is 89.9 Å². The van der Waals surface area contributed by atoms with Gasteiger partial charge >= 0.3 is 17.9 Å². The fourth-order valence-electron chi connectivity index (χ4n) is 7.31. The first-order valence-electron chi connectivity index (χ1n) is 27.2. The van der Waals surface area contributed by atoms with Crippen LogP contribution >= 0.6 is 0 Å². The molecule has 65 heavy (non-hydrogen) atoms. The minimum absolute atomic E-state index is 0.0968. The van der Waals surface area contributed by atoms with Crippen molar-refractivity contribution in [3.05, 3.63) is 85.1 Å². The van der Waals surface area contributed by atoms with E-state index in [1.54, 1.807) is 0 Å². The molecule has 372 valence electrons. The molecular weight excluding hydrogens is 805 g/mol. The molecular formula is C59H100O6. The van der Waals surface area contributed by atoms with Gasteiger partial charge in [0.15, 0.2) is 6.10 Å². The second-order valence-electron chi connectivity index (χ2n) is 17.9. The largest absolute Gasteiger partial charge is 0.462 e. The van der Waals surface area contributed by atoms with Crippen LogP contribution in [0.3, 0.4) is 0 Å². The smallest absolute Gasteiger partial charge is 0.306 e. The Morgan fingerprint density at radius 1 is 0.308 bits per heavy atom. The van der Waals surface area contributed by atoms with Crippen molar-refractivity contribution in [3.63, 3.8) is 0 Å². The first-order chi connectivity index (χ1) is 32.0. The van der Waals surface area contributed by atoms with E-state index in [0.717, 1.165) is 122 Å². The molecule has 0 spiro atoms. The normalized spacial score (nSPS) is 12.7. The average molecular weight is 905 g/mol. The molecule has 0 rings (SSSR count). The van der Waals surface area contributed by atoms with Crippen LogP contribution in [0, 0.1) is 0 Å². The second kappa shape index (κ2) is 53.2. The predicted molar refractivity (Wildman–Crippen MR) is 279 cm³/mol. The SMILES string of the molecule is CCCC/C=C\CCCCCCCC(=O)OCC(COC(=O)CCCCCCC\C=C/C=C\C=C/CCCCCCC)OC(=O)CCCCCCC\C=C/C=C\C=C/CCCCCCC. The fourth-order valence-corrected chi connectivity index (χ4v) is 7.31. The minimum Gasteiger partial charge on any atom is -0.462 e. The molecule has 0 amide bonds. The Labute approximate surface area is 401 Å². The van der Waals surface area contributed by atoms with Gasteiger partial charge in [-0.3, -0.25) is 14.4 Å². The summed E-state index contributed by atoms with van der Waals surface area (Å²) in [6, 6.07) is 0. The van der Waals surface area contributed by atoms with Crippen LogP contribution in [0.25, 0.3) is 0 Å². The summed E-state index contributed by atoms with van der Waals surface area (Å²) in [5.74, 6) is -0.945. The highest BCUT2D eigenvalue weighted by atomic mass is 16.6. The molecule has 1 unspecified atom stereocenters. The number of hydrogen-bond donors (Lipinski definition) is 0. The molecule has 0 fully saturated rings. The van der Waals surface area contributed by atoms with E-state index in [1.165, 1.54) is 89.9 Å². The molecule has 0 aromatic carbocycles. The van der Waals surface area contributed by atoms with Gasteiger partial charge in [-0.15, -0.1) is 0 Å². The lowest BCUT2D eigenvalue weighted by Gasteiger charge is -2.18. The molecule has 0 aliphatic rings. The molecule has 0 aliphatic carbocycles. The highest BCUT2D eigenvalue weighted by Crippen LogP contribution is 2.13. The second-order valence-corrected chi connectivity index (χ2v) is 17.9. The summed E-state index contributed by atoms with van der Waals surface area (Å²) in [4.78, 5) is 38.0. The molecule has 6 nitrogen and oxygen atoms in total. The third kappa shape index (κ3) is 51.4. The Kier molecular flexibility index (Phi) is 50.4. The Morgan fingerprint density at radius 2 is 0.585 bits per heavy atom. The molecule has 0 radical (unpaired) electrons. The molecule has 0 N–H and O–H groups in total. The van der Waals surface area contributed by atoms with Crippen LogP contribution in [-0.2, 0) is 28.6 Å². The molecule has 0 aliphatic heterocycles. The zero-order chi connectivity index (χ0) is 47.2. The number of hydrogen-bond acceptors (Lipinski definition) is 6. The summed E-state index contributed by atoms with van der Waals surface area (Å²) in [6.07, 6.45) is 68.5. The monoisotopic (exact) mass is 905 g/mol. The van der Waals surface area contributed by atoms with Crippen molar-refractivity contribution < 1.29 is 28.6 Å². The minimum atomic E-state index is -0.799. The molecule has 0 saturated carbocycles. The number of carbonyl (C=O) groups is 3. The number of ether oxygens (including phenoxy) is 3. The van der Waals surface area contributed by atoms with E-state index < -0.39 is 6.10 Å². The zero-order valence-corrected chi connectivity index (χ0v) is 42.5. The van der Waals surface area contributed by atoms with Crippen molar-refractivity contribution in [2.75, 3.05) is 13.2 Å². The number of unbranched alkanes of at least 4 members (excludes halogenated alkanes) is 27. The van der Waals surface area contributed by atoms with Crippen LogP contribution in [-0.4, -0.2) is 37.2 Å². The number of esters is 3. The van der Waals surface area contributed by atoms with Crippen LogP contribution in [0.5, 0.6) is 0 Å². The maximum Gasteiger partial charge on any atom is 0.306 e. The third-order valence-electron chi connectivity index (χ3n) is 11.5. The first kappa shape index (κ1) is 61.6. The van der Waals surface area contributed by atoms with Crippen LogP contribution in [0.4, 0.5) is 0 Å². The summed E-state index contributed by atoms with van der Waals surface area (Å²) in [7, 11) is 0. The van der Waals surface area contributed by atoms with Crippen molar-refractivity contribution in [1.82, 2.24) is 0 Å². The van der Waals surface area contributed by atoms with E-state index in [2.05, 4.69) is 106 Å². The van der Waals surface area contributed by atoms with Gasteiger partial charge in [-0.1, -0.05) is 228 Å². The first-order valence-corrected chi connectivity index (χ1v) is 27.2. The van der Waals surface area contributed by atoms with Gasteiger partial charge in [0.2, 0.25) is 0 Å². The Morgan fingerprint density at radius 3 is 0.938 bits per heavy atom. The summed E-state index contributed by atoms with van der Waals surface area (Å²) in [6.45, 7) is 6.53. The average Bonchev–Trinajstić information content (AvgIpc) is 3.30. The van der Waals surface area contributed by atoms with Crippen LogP contribution in [0.15, 0.2) is 85.1 Å². The van der Waals surface area contributed by atoms with Crippen molar-refractivity contribution in [2.24, 2.45) is 0 Å². The van der Waals surface area contributed by atoms with Gasteiger partial charge in [0, 0.05) is 19.3 Å². The van der Waals surface area contributed by atoms with E-state index in [4.69, 9.17) is 14.2 Å². The van der Waals surface area contributed by atoms with Crippen LogP contribution in [0.1, 0.15) is 252 Å². The Hall–Kier alpha value is -3.41. The molecule has 0 bridgehead atoms. The quantitative estimate of drug-likeness (QED) is 0.0199. The van der Waals surface area contributed by atoms with E-state index in [1.807, 2.05) is 0 Å². The third-order valence-corrected chi connectivity index (χ3v) is 11.5. The lowest BCUT2D eigenvalue weighted by Crippen LogP contribution is -2.30. The molecule has 6 heteroatoms. The Balaban J connectivity index is 4.46. The van der Waals surface area contributed by atoms with Crippen molar-refractivity contribution in [2.45, 2.75) is 258 Å². The number of carbonyl (C=O) groups excluding carboxylic acids is 3. The predicted octanol–water partition coefficient (Wildman–Crippen LogP) is 18.0.